The van der Waals surface area contributed by atoms with E-state index in [9.17, 15) is 9.90 Å². The first-order chi connectivity index (χ1) is 10.1. The minimum Gasteiger partial charge on any atom is -0.479 e. The molecule has 0 saturated carbocycles. The number of aromatic nitrogens is 4. The Bertz CT molecular complexity index is 793. The monoisotopic (exact) mass is 283 g/mol. The number of benzene rings is 1. The van der Waals surface area contributed by atoms with Gasteiger partial charge in [-0.25, -0.2) is 4.79 Å². The van der Waals surface area contributed by atoms with Crippen LogP contribution in [-0.4, -0.2) is 31.1 Å². The molecule has 21 heavy (non-hydrogen) atoms. The third-order valence-corrected chi connectivity index (χ3v) is 3.16. The van der Waals surface area contributed by atoms with Crippen LogP contribution in [0.15, 0.2) is 42.9 Å². The number of rotatable bonds is 4. The van der Waals surface area contributed by atoms with Crippen LogP contribution in [0.25, 0.3) is 10.8 Å². The van der Waals surface area contributed by atoms with Gasteiger partial charge in [-0.2, -0.15) is 10.2 Å². The molecule has 3 rings (SSSR count). The van der Waals surface area contributed by atoms with Gasteiger partial charge in [0.05, 0.1) is 12.4 Å². The highest BCUT2D eigenvalue weighted by Crippen LogP contribution is 2.24. The van der Waals surface area contributed by atoms with Crippen molar-refractivity contribution in [1.82, 2.24) is 20.0 Å². The van der Waals surface area contributed by atoms with E-state index >= 15 is 0 Å². The van der Waals surface area contributed by atoms with Gasteiger partial charge < -0.3 is 10.4 Å². The zero-order valence-corrected chi connectivity index (χ0v) is 11.3. The van der Waals surface area contributed by atoms with Gasteiger partial charge >= 0.3 is 5.97 Å². The second kappa shape index (κ2) is 5.20. The average Bonchev–Trinajstić information content (AvgIpc) is 2.90. The minimum absolute atomic E-state index is 0.435. The van der Waals surface area contributed by atoms with E-state index in [4.69, 9.17) is 0 Å². The maximum Gasteiger partial charge on any atom is 0.330 e. The van der Waals surface area contributed by atoms with Crippen molar-refractivity contribution in [1.29, 1.82) is 0 Å². The summed E-state index contributed by atoms with van der Waals surface area (Å²) in [6.45, 7) is 0. The number of nitrogens with zero attached hydrogens (tertiary/aromatic N) is 4. The van der Waals surface area contributed by atoms with Gasteiger partial charge in [-0.15, -0.1) is 5.10 Å². The van der Waals surface area contributed by atoms with Crippen molar-refractivity contribution >= 4 is 22.6 Å². The standard InChI is InChI=1S/C14H13N5O2/c1-19-8-10(7-16-19)12(14(20)21)17-13-11-5-3-2-4-9(11)6-15-18-13/h2-8,12H,1H3,(H,17,18)(H,20,21). The average molecular weight is 283 g/mol. The molecule has 3 aromatic rings. The van der Waals surface area contributed by atoms with Crippen LogP contribution in [0.4, 0.5) is 5.82 Å². The lowest BCUT2D eigenvalue weighted by Crippen LogP contribution is -2.21. The number of anilines is 1. The summed E-state index contributed by atoms with van der Waals surface area (Å²) in [5.74, 6) is -0.568. The zero-order chi connectivity index (χ0) is 14.8. The summed E-state index contributed by atoms with van der Waals surface area (Å²) in [5, 5.41) is 26.0. The van der Waals surface area contributed by atoms with Gasteiger partial charge in [0.2, 0.25) is 0 Å². The quantitative estimate of drug-likeness (QED) is 0.755. The number of nitrogens with one attached hydrogen (secondary N) is 1. The molecular weight excluding hydrogens is 270 g/mol. The maximum absolute atomic E-state index is 11.5. The van der Waals surface area contributed by atoms with Crippen LogP contribution in [0.1, 0.15) is 11.6 Å². The summed E-state index contributed by atoms with van der Waals surface area (Å²) in [5.41, 5.74) is 0.555. The Morgan fingerprint density at radius 1 is 1.33 bits per heavy atom. The summed E-state index contributed by atoms with van der Waals surface area (Å²) >= 11 is 0. The van der Waals surface area contributed by atoms with Crippen LogP contribution in [-0.2, 0) is 11.8 Å². The molecule has 1 atom stereocenters. The molecule has 7 heteroatoms. The first-order valence-corrected chi connectivity index (χ1v) is 6.33. The molecule has 0 bridgehead atoms. The largest absolute Gasteiger partial charge is 0.479 e. The Labute approximate surface area is 120 Å². The van der Waals surface area contributed by atoms with Crippen molar-refractivity contribution in [3.05, 3.63) is 48.4 Å². The van der Waals surface area contributed by atoms with E-state index < -0.39 is 12.0 Å². The molecule has 1 unspecified atom stereocenters. The molecule has 0 radical (unpaired) electrons. The van der Waals surface area contributed by atoms with Crippen molar-refractivity contribution in [2.75, 3.05) is 5.32 Å². The Kier molecular flexibility index (Phi) is 3.23. The van der Waals surface area contributed by atoms with Crippen molar-refractivity contribution in [3.63, 3.8) is 0 Å². The molecule has 0 saturated heterocycles. The van der Waals surface area contributed by atoms with Crippen molar-refractivity contribution in [3.8, 4) is 0 Å². The second-order valence-electron chi connectivity index (χ2n) is 4.64. The topological polar surface area (TPSA) is 92.9 Å². The fourth-order valence-electron chi connectivity index (χ4n) is 2.15. The summed E-state index contributed by atoms with van der Waals surface area (Å²) < 4.78 is 1.56. The van der Waals surface area contributed by atoms with Crippen molar-refractivity contribution in [2.45, 2.75) is 6.04 Å². The Balaban J connectivity index is 2.01. The third-order valence-electron chi connectivity index (χ3n) is 3.16. The molecule has 2 N–H and O–H groups in total. The van der Waals surface area contributed by atoms with E-state index in [-0.39, 0.29) is 0 Å². The lowest BCUT2D eigenvalue weighted by Gasteiger charge is -2.14. The zero-order valence-electron chi connectivity index (χ0n) is 11.3. The van der Waals surface area contributed by atoms with Crippen molar-refractivity contribution in [2.24, 2.45) is 7.05 Å². The first kappa shape index (κ1) is 13.0. The summed E-state index contributed by atoms with van der Waals surface area (Å²) in [6, 6.07) is 6.60. The fraction of sp³-hybridized carbons (Fsp3) is 0.143. The Morgan fingerprint density at radius 2 is 2.14 bits per heavy atom. The van der Waals surface area contributed by atoms with Crippen LogP contribution in [0.5, 0.6) is 0 Å². The van der Waals surface area contributed by atoms with Gasteiger partial charge in [0.1, 0.15) is 0 Å². The minimum atomic E-state index is -1.00. The van der Waals surface area contributed by atoms with Gasteiger partial charge in [0, 0.05) is 29.6 Å². The Hall–Kier alpha value is -2.96. The highest BCUT2D eigenvalue weighted by Gasteiger charge is 2.22. The number of hydrogen-bond acceptors (Lipinski definition) is 5. The van der Waals surface area contributed by atoms with E-state index in [0.717, 1.165) is 10.8 Å². The fourth-order valence-corrected chi connectivity index (χ4v) is 2.15. The number of fused-ring (bicyclic) bond motifs is 1. The Morgan fingerprint density at radius 3 is 2.86 bits per heavy atom. The molecule has 0 amide bonds. The number of carboxylic acid groups (broad SMARTS) is 1. The van der Waals surface area contributed by atoms with E-state index in [1.165, 1.54) is 6.20 Å². The van der Waals surface area contributed by atoms with Gasteiger partial charge in [-0.3, -0.25) is 4.68 Å². The van der Waals surface area contributed by atoms with E-state index in [1.807, 2.05) is 24.3 Å². The molecule has 2 heterocycles. The van der Waals surface area contributed by atoms with Gasteiger partial charge in [-0.05, 0) is 0 Å². The van der Waals surface area contributed by atoms with Crippen LogP contribution in [0, 0.1) is 0 Å². The predicted molar refractivity (Wildman–Crippen MR) is 76.7 cm³/mol. The van der Waals surface area contributed by atoms with Crippen molar-refractivity contribution < 1.29 is 9.90 Å². The molecule has 0 fully saturated rings. The normalized spacial score (nSPS) is 12.2. The van der Waals surface area contributed by atoms with E-state index in [2.05, 4.69) is 20.6 Å². The molecule has 2 aromatic heterocycles. The lowest BCUT2D eigenvalue weighted by atomic mass is 10.1. The SMILES string of the molecule is Cn1cc(C(Nc2nncc3ccccc23)C(=O)O)cn1. The summed E-state index contributed by atoms with van der Waals surface area (Å²) in [6.07, 6.45) is 4.81. The number of hydrogen-bond donors (Lipinski definition) is 2. The number of carboxylic acids is 1. The number of carbonyl (C=O) groups is 1. The highest BCUT2D eigenvalue weighted by molar-refractivity contribution is 5.92. The maximum atomic E-state index is 11.5. The van der Waals surface area contributed by atoms with Gasteiger partial charge in [0.15, 0.2) is 11.9 Å². The van der Waals surface area contributed by atoms with Crippen LogP contribution >= 0.6 is 0 Å². The van der Waals surface area contributed by atoms with Crippen LogP contribution in [0.3, 0.4) is 0 Å². The number of aliphatic carboxylic acids is 1. The highest BCUT2D eigenvalue weighted by atomic mass is 16.4. The second-order valence-corrected chi connectivity index (χ2v) is 4.64. The van der Waals surface area contributed by atoms with E-state index in [0.29, 0.717) is 11.4 Å². The van der Waals surface area contributed by atoms with Gasteiger partial charge in [0.25, 0.3) is 0 Å². The smallest absolute Gasteiger partial charge is 0.330 e. The number of aryl methyl sites for hydroxylation is 1. The first-order valence-electron chi connectivity index (χ1n) is 6.33. The molecular formula is C14H13N5O2. The third kappa shape index (κ3) is 2.53. The van der Waals surface area contributed by atoms with E-state index in [1.54, 1.807) is 24.1 Å². The molecule has 0 spiro atoms. The molecule has 7 nitrogen and oxygen atoms in total. The van der Waals surface area contributed by atoms with Crippen LogP contribution < -0.4 is 5.32 Å². The molecule has 1 aromatic carbocycles. The lowest BCUT2D eigenvalue weighted by molar-refractivity contribution is -0.138. The molecule has 0 aliphatic carbocycles. The summed E-state index contributed by atoms with van der Waals surface area (Å²) in [7, 11) is 1.74. The molecule has 0 aliphatic heterocycles. The predicted octanol–water partition coefficient (Wildman–Crippen LogP) is 1.60. The van der Waals surface area contributed by atoms with Crippen LogP contribution in [0.2, 0.25) is 0 Å². The molecule has 0 aliphatic rings. The van der Waals surface area contributed by atoms with Gasteiger partial charge in [-0.1, -0.05) is 24.3 Å². The molecule has 106 valence electrons. The summed E-state index contributed by atoms with van der Waals surface area (Å²) in [4.78, 5) is 11.5.